The first-order chi connectivity index (χ1) is 13.4. The zero-order valence-corrected chi connectivity index (χ0v) is 14.9. The van der Waals surface area contributed by atoms with E-state index in [2.05, 4.69) is 10.3 Å². The van der Waals surface area contributed by atoms with Crippen molar-refractivity contribution >= 4 is 33.8 Å². The minimum Gasteiger partial charge on any atom is -0.484 e. The molecule has 0 saturated carbocycles. The molecule has 0 radical (unpaired) electrons. The van der Waals surface area contributed by atoms with Crippen molar-refractivity contribution in [3.8, 4) is 17.0 Å². The first kappa shape index (κ1) is 18.9. The van der Waals surface area contributed by atoms with Crippen molar-refractivity contribution in [3.05, 3.63) is 74.1 Å². The maximum atomic E-state index is 12.0. The van der Waals surface area contributed by atoms with E-state index in [4.69, 9.17) is 4.74 Å². The Morgan fingerprint density at radius 3 is 2.46 bits per heavy atom. The molecule has 0 unspecified atom stereocenters. The van der Waals surface area contributed by atoms with Gasteiger partial charge in [0.25, 0.3) is 17.3 Å². The van der Waals surface area contributed by atoms with E-state index in [1.54, 1.807) is 17.5 Å². The summed E-state index contributed by atoms with van der Waals surface area (Å²) in [6.07, 6.45) is 0. The van der Waals surface area contributed by atoms with Gasteiger partial charge in [0.1, 0.15) is 5.75 Å². The van der Waals surface area contributed by atoms with Gasteiger partial charge < -0.3 is 4.74 Å². The number of nitro groups is 2. The maximum Gasteiger partial charge on any atom is 0.270 e. The van der Waals surface area contributed by atoms with Crippen molar-refractivity contribution in [1.29, 1.82) is 0 Å². The molecule has 0 spiro atoms. The minimum atomic E-state index is -0.530. The van der Waals surface area contributed by atoms with Crippen LogP contribution in [0.5, 0.6) is 5.75 Å². The largest absolute Gasteiger partial charge is 0.484 e. The first-order valence-electron chi connectivity index (χ1n) is 7.80. The van der Waals surface area contributed by atoms with Gasteiger partial charge in [0.2, 0.25) is 0 Å². The van der Waals surface area contributed by atoms with Crippen LogP contribution in [-0.4, -0.2) is 27.3 Å². The molecule has 0 fully saturated rings. The number of thiazole rings is 1. The highest BCUT2D eigenvalue weighted by atomic mass is 32.1. The highest BCUT2D eigenvalue weighted by Crippen LogP contribution is 2.27. The van der Waals surface area contributed by atoms with Gasteiger partial charge in [-0.2, -0.15) is 0 Å². The molecule has 2 aromatic carbocycles. The van der Waals surface area contributed by atoms with Crippen molar-refractivity contribution in [2.75, 3.05) is 11.9 Å². The Labute approximate surface area is 161 Å². The number of ether oxygens (including phenoxy) is 1. The highest BCUT2D eigenvalue weighted by molar-refractivity contribution is 7.14. The minimum absolute atomic E-state index is 0.0485. The summed E-state index contributed by atoms with van der Waals surface area (Å²) >= 11 is 1.17. The lowest BCUT2D eigenvalue weighted by Crippen LogP contribution is -2.20. The van der Waals surface area contributed by atoms with E-state index in [0.717, 1.165) is 0 Å². The smallest absolute Gasteiger partial charge is 0.270 e. The Balaban J connectivity index is 1.58. The molecule has 0 atom stereocenters. The molecule has 0 aliphatic carbocycles. The quantitative estimate of drug-likeness (QED) is 0.472. The Kier molecular flexibility index (Phi) is 5.56. The van der Waals surface area contributed by atoms with Crippen LogP contribution in [0.15, 0.2) is 53.9 Å². The van der Waals surface area contributed by atoms with E-state index in [9.17, 15) is 25.0 Å². The van der Waals surface area contributed by atoms with Gasteiger partial charge in [0, 0.05) is 35.2 Å². The van der Waals surface area contributed by atoms with Gasteiger partial charge in [-0.1, -0.05) is 12.1 Å². The van der Waals surface area contributed by atoms with Crippen LogP contribution in [-0.2, 0) is 4.79 Å². The lowest BCUT2D eigenvalue weighted by atomic mass is 10.1. The van der Waals surface area contributed by atoms with Gasteiger partial charge in [-0.15, -0.1) is 11.3 Å². The van der Waals surface area contributed by atoms with Crippen molar-refractivity contribution in [2.45, 2.75) is 0 Å². The number of hydrogen-bond donors (Lipinski definition) is 1. The summed E-state index contributed by atoms with van der Waals surface area (Å²) in [6, 6.07) is 11.4. The van der Waals surface area contributed by atoms with E-state index >= 15 is 0 Å². The van der Waals surface area contributed by atoms with E-state index in [0.29, 0.717) is 22.1 Å². The van der Waals surface area contributed by atoms with Crippen molar-refractivity contribution < 1.29 is 19.4 Å². The van der Waals surface area contributed by atoms with Crippen molar-refractivity contribution in [3.63, 3.8) is 0 Å². The van der Waals surface area contributed by atoms with Gasteiger partial charge in [-0.3, -0.25) is 30.3 Å². The molecule has 0 aliphatic rings. The molecule has 11 heteroatoms. The summed E-state index contributed by atoms with van der Waals surface area (Å²) in [5.41, 5.74) is 0.939. The number of hydrogen-bond acceptors (Lipinski definition) is 8. The lowest BCUT2D eigenvalue weighted by molar-refractivity contribution is -0.385. The van der Waals surface area contributed by atoms with Crippen LogP contribution in [0.1, 0.15) is 0 Å². The molecule has 3 aromatic rings. The number of aromatic nitrogens is 1. The van der Waals surface area contributed by atoms with Crippen LogP contribution in [0, 0.1) is 20.2 Å². The summed E-state index contributed by atoms with van der Waals surface area (Å²) in [6.45, 7) is -0.302. The molecule has 28 heavy (non-hydrogen) atoms. The molecular weight excluding hydrogens is 388 g/mol. The third-order valence-electron chi connectivity index (χ3n) is 3.52. The fourth-order valence-corrected chi connectivity index (χ4v) is 2.95. The van der Waals surface area contributed by atoms with E-state index in [1.165, 1.54) is 47.7 Å². The van der Waals surface area contributed by atoms with Crippen molar-refractivity contribution in [1.82, 2.24) is 4.98 Å². The second kappa shape index (κ2) is 8.22. The van der Waals surface area contributed by atoms with E-state index in [-0.39, 0.29) is 18.0 Å². The number of carbonyl (C=O) groups is 1. The summed E-state index contributed by atoms with van der Waals surface area (Å²) < 4.78 is 5.28. The van der Waals surface area contributed by atoms with Crippen molar-refractivity contribution in [2.24, 2.45) is 0 Å². The van der Waals surface area contributed by atoms with Crippen LogP contribution in [0.2, 0.25) is 0 Å². The zero-order valence-electron chi connectivity index (χ0n) is 14.1. The number of amides is 1. The van der Waals surface area contributed by atoms with Crippen LogP contribution in [0.3, 0.4) is 0 Å². The zero-order chi connectivity index (χ0) is 20.1. The van der Waals surface area contributed by atoms with Crippen LogP contribution in [0.25, 0.3) is 11.3 Å². The topological polar surface area (TPSA) is 138 Å². The fraction of sp³-hybridized carbons (Fsp3) is 0.0588. The highest BCUT2D eigenvalue weighted by Gasteiger charge is 2.12. The normalized spacial score (nSPS) is 10.3. The number of rotatable bonds is 7. The Morgan fingerprint density at radius 2 is 1.79 bits per heavy atom. The van der Waals surface area contributed by atoms with E-state index < -0.39 is 15.8 Å². The van der Waals surface area contributed by atoms with Crippen LogP contribution >= 0.6 is 11.3 Å². The molecular formula is C17H12N4O6S. The van der Waals surface area contributed by atoms with Gasteiger partial charge in [0.15, 0.2) is 11.7 Å². The molecule has 142 valence electrons. The third-order valence-corrected chi connectivity index (χ3v) is 4.28. The predicted octanol–water partition coefficient (Wildman–Crippen LogP) is 3.64. The van der Waals surface area contributed by atoms with Gasteiger partial charge in [-0.25, -0.2) is 4.98 Å². The van der Waals surface area contributed by atoms with Crippen LogP contribution < -0.4 is 10.1 Å². The summed E-state index contributed by atoms with van der Waals surface area (Å²) in [7, 11) is 0. The van der Waals surface area contributed by atoms with E-state index in [1.807, 2.05) is 0 Å². The predicted molar refractivity (Wildman–Crippen MR) is 101 cm³/mol. The Bertz CT molecular complexity index is 1030. The SMILES string of the molecule is O=C(COc1ccc([N+](=O)[O-])cc1)Nc1nc(-c2cccc([N+](=O)[O-])c2)cs1. The number of nitro benzene ring substituents is 2. The standard InChI is InChI=1S/C17H12N4O6S/c22-16(9-27-14-6-4-12(5-7-14)20(23)24)19-17-18-15(10-28-17)11-2-1-3-13(8-11)21(25)26/h1-8,10H,9H2,(H,18,19,22). The lowest BCUT2D eigenvalue weighted by Gasteiger charge is -2.05. The number of nitrogens with one attached hydrogen (secondary N) is 1. The number of benzene rings is 2. The maximum absolute atomic E-state index is 12.0. The molecule has 1 amide bonds. The molecule has 1 N–H and O–H groups in total. The first-order valence-corrected chi connectivity index (χ1v) is 8.68. The summed E-state index contributed by atoms with van der Waals surface area (Å²) in [5.74, 6) is -0.143. The molecule has 0 saturated heterocycles. The number of anilines is 1. The number of nitrogens with zero attached hydrogens (tertiary/aromatic N) is 3. The summed E-state index contributed by atoms with van der Waals surface area (Å²) in [5, 5.41) is 26.0. The Morgan fingerprint density at radius 1 is 1.07 bits per heavy atom. The number of carbonyl (C=O) groups excluding carboxylic acids is 1. The molecule has 1 heterocycles. The van der Waals surface area contributed by atoms with Gasteiger partial charge in [-0.05, 0) is 12.1 Å². The molecule has 0 bridgehead atoms. The van der Waals surface area contributed by atoms with Gasteiger partial charge >= 0.3 is 0 Å². The number of non-ortho nitro benzene ring substituents is 2. The second-order valence-electron chi connectivity index (χ2n) is 5.43. The van der Waals surface area contributed by atoms with Crippen LogP contribution in [0.4, 0.5) is 16.5 Å². The van der Waals surface area contributed by atoms with Gasteiger partial charge in [0.05, 0.1) is 15.5 Å². The molecule has 10 nitrogen and oxygen atoms in total. The fourth-order valence-electron chi connectivity index (χ4n) is 2.21. The molecule has 0 aliphatic heterocycles. The monoisotopic (exact) mass is 400 g/mol. The summed E-state index contributed by atoms with van der Waals surface area (Å²) in [4.78, 5) is 36.7. The molecule has 3 rings (SSSR count). The average Bonchev–Trinajstić information content (AvgIpc) is 3.15. The molecule has 1 aromatic heterocycles. The second-order valence-corrected chi connectivity index (χ2v) is 6.29. The third kappa shape index (κ3) is 4.65. The average molecular weight is 400 g/mol. The Hall–Kier alpha value is -3.86.